The molecule has 0 saturated carbocycles. The van der Waals surface area contributed by atoms with Crippen molar-refractivity contribution in [3.8, 4) is 11.1 Å². The van der Waals surface area contributed by atoms with Gasteiger partial charge in [0.25, 0.3) is 10.0 Å². The molecule has 0 amide bonds. The molecule has 1 aromatic carbocycles. The highest BCUT2D eigenvalue weighted by atomic mass is 32.2. The van der Waals surface area contributed by atoms with Crippen LogP contribution in [0.3, 0.4) is 0 Å². The molecule has 3 rings (SSSR count). The average Bonchev–Trinajstić information content (AvgIpc) is 2.62. The van der Waals surface area contributed by atoms with E-state index in [4.69, 9.17) is 0 Å². The van der Waals surface area contributed by atoms with Crippen LogP contribution in [-0.2, 0) is 10.0 Å². The van der Waals surface area contributed by atoms with E-state index in [-0.39, 0.29) is 4.90 Å². The standard InChI is InChI=1S/C16H15N5O2S/c1-17-16-19-9-13(10-20-16)12-7-14(11-18-8-12)21-24(22,23)15-5-3-2-4-6-15/h2-11,21H,1H3,(H,17,19,20). The van der Waals surface area contributed by atoms with Crippen LogP contribution in [0.1, 0.15) is 0 Å². The van der Waals surface area contributed by atoms with E-state index < -0.39 is 10.0 Å². The first-order valence-electron chi connectivity index (χ1n) is 7.11. The lowest BCUT2D eigenvalue weighted by molar-refractivity contribution is 0.601. The maximum Gasteiger partial charge on any atom is 0.261 e. The highest BCUT2D eigenvalue weighted by Crippen LogP contribution is 2.22. The topological polar surface area (TPSA) is 96.9 Å². The van der Waals surface area contributed by atoms with Gasteiger partial charge in [0.1, 0.15) is 0 Å². The summed E-state index contributed by atoms with van der Waals surface area (Å²) in [6.45, 7) is 0. The number of rotatable bonds is 5. The Labute approximate surface area is 139 Å². The zero-order chi connectivity index (χ0) is 17.0. The molecule has 0 bridgehead atoms. The molecule has 0 aliphatic heterocycles. The minimum atomic E-state index is -3.65. The van der Waals surface area contributed by atoms with E-state index in [2.05, 4.69) is 25.0 Å². The first kappa shape index (κ1) is 15.9. The van der Waals surface area contributed by atoms with Gasteiger partial charge in [-0.25, -0.2) is 18.4 Å². The highest BCUT2D eigenvalue weighted by molar-refractivity contribution is 7.92. The molecule has 0 fully saturated rings. The van der Waals surface area contributed by atoms with Gasteiger partial charge in [0.2, 0.25) is 5.95 Å². The van der Waals surface area contributed by atoms with Crippen LogP contribution >= 0.6 is 0 Å². The van der Waals surface area contributed by atoms with Gasteiger partial charge in [-0.15, -0.1) is 0 Å². The quantitative estimate of drug-likeness (QED) is 0.739. The molecule has 7 nitrogen and oxygen atoms in total. The maximum atomic E-state index is 12.4. The Morgan fingerprint density at radius 3 is 2.29 bits per heavy atom. The Kier molecular flexibility index (Phi) is 4.39. The molecule has 2 heterocycles. The molecule has 8 heteroatoms. The molecule has 2 aromatic heterocycles. The van der Waals surface area contributed by atoms with E-state index >= 15 is 0 Å². The molecule has 0 saturated heterocycles. The van der Waals surface area contributed by atoms with Crippen LogP contribution in [0.5, 0.6) is 0 Å². The van der Waals surface area contributed by atoms with Crippen LogP contribution in [0.2, 0.25) is 0 Å². The van der Waals surface area contributed by atoms with Crippen molar-refractivity contribution in [2.75, 3.05) is 17.1 Å². The fourth-order valence-corrected chi connectivity index (χ4v) is 3.13. The van der Waals surface area contributed by atoms with Crippen molar-refractivity contribution in [1.82, 2.24) is 15.0 Å². The second kappa shape index (κ2) is 6.63. The number of hydrogen-bond donors (Lipinski definition) is 2. The number of hydrogen-bond acceptors (Lipinski definition) is 6. The molecule has 24 heavy (non-hydrogen) atoms. The predicted molar refractivity (Wildman–Crippen MR) is 92.1 cm³/mol. The normalized spacial score (nSPS) is 11.0. The predicted octanol–water partition coefficient (Wildman–Crippen LogP) is 2.38. The number of pyridine rings is 1. The van der Waals surface area contributed by atoms with Crippen molar-refractivity contribution in [3.63, 3.8) is 0 Å². The molecule has 122 valence electrons. The van der Waals surface area contributed by atoms with E-state index in [1.54, 1.807) is 49.9 Å². The second-order valence-corrected chi connectivity index (χ2v) is 6.61. The van der Waals surface area contributed by atoms with E-state index in [0.717, 1.165) is 5.56 Å². The van der Waals surface area contributed by atoms with E-state index in [0.29, 0.717) is 17.2 Å². The molecule has 2 N–H and O–H groups in total. The van der Waals surface area contributed by atoms with Gasteiger partial charge in [-0.05, 0) is 18.2 Å². The number of nitrogens with zero attached hydrogens (tertiary/aromatic N) is 3. The Morgan fingerprint density at radius 2 is 1.62 bits per heavy atom. The molecular formula is C16H15N5O2S. The summed E-state index contributed by atoms with van der Waals surface area (Å²) in [6.07, 6.45) is 6.36. The fourth-order valence-electron chi connectivity index (χ4n) is 2.07. The van der Waals surface area contributed by atoms with Gasteiger partial charge in [0.15, 0.2) is 0 Å². The average molecular weight is 341 g/mol. The van der Waals surface area contributed by atoms with E-state index in [1.807, 2.05) is 0 Å². The molecule has 3 aromatic rings. The molecule has 0 aliphatic carbocycles. The summed E-state index contributed by atoms with van der Waals surface area (Å²) >= 11 is 0. The van der Waals surface area contributed by atoms with Gasteiger partial charge >= 0.3 is 0 Å². The Bertz CT molecular complexity index is 928. The number of anilines is 2. The van der Waals surface area contributed by atoms with Crippen molar-refractivity contribution in [2.45, 2.75) is 4.90 Å². The minimum Gasteiger partial charge on any atom is -0.357 e. The Hall–Kier alpha value is -3.00. The zero-order valence-corrected chi connectivity index (χ0v) is 13.7. The Morgan fingerprint density at radius 1 is 0.917 bits per heavy atom. The van der Waals surface area contributed by atoms with Crippen LogP contribution in [0.4, 0.5) is 11.6 Å². The summed E-state index contributed by atoms with van der Waals surface area (Å²) in [6, 6.07) is 9.85. The molecule has 0 spiro atoms. The number of sulfonamides is 1. The molecule has 0 atom stereocenters. The lowest BCUT2D eigenvalue weighted by Gasteiger charge is -2.09. The van der Waals surface area contributed by atoms with Gasteiger partial charge in [-0.2, -0.15) is 0 Å². The van der Waals surface area contributed by atoms with Gasteiger partial charge in [0, 0.05) is 36.8 Å². The second-order valence-electron chi connectivity index (χ2n) is 4.93. The van der Waals surface area contributed by atoms with Crippen molar-refractivity contribution < 1.29 is 8.42 Å². The lowest BCUT2D eigenvalue weighted by atomic mass is 10.1. The lowest BCUT2D eigenvalue weighted by Crippen LogP contribution is -2.13. The summed E-state index contributed by atoms with van der Waals surface area (Å²) in [4.78, 5) is 12.5. The fraction of sp³-hybridized carbons (Fsp3) is 0.0625. The molecule has 0 radical (unpaired) electrons. The minimum absolute atomic E-state index is 0.192. The van der Waals surface area contributed by atoms with E-state index in [9.17, 15) is 8.42 Å². The third-order valence-corrected chi connectivity index (χ3v) is 4.65. The first-order chi connectivity index (χ1) is 11.6. The van der Waals surface area contributed by atoms with Crippen LogP contribution in [0, 0.1) is 0 Å². The SMILES string of the molecule is CNc1ncc(-c2cncc(NS(=O)(=O)c3ccccc3)c2)cn1. The van der Waals surface area contributed by atoms with Gasteiger partial charge in [-0.1, -0.05) is 18.2 Å². The van der Waals surface area contributed by atoms with Gasteiger partial charge in [-0.3, -0.25) is 9.71 Å². The van der Waals surface area contributed by atoms with Crippen molar-refractivity contribution in [2.24, 2.45) is 0 Å². The highest BCUT2D eigenvalue weighted by Gasteiger charge is 2.14. The van der Waals surface area contributed by atoms with E-state index in [1.165, 1.54) is 18.3 Å². The largest absolute Gasteiger partial charge is 0.357 e. The van der Waals surface area contributed by atoms with Crippen LogP contribution in [0.15, 0.2) is 66.1 Å². The molecule has 0 aliphatic rings. The number of benzene rings is 1. The monoisotopic (exact) mass is 341 g/mol. The summed E-state index contributed by atoms with van der Waals surface area (Å²) in [5.41, 5.74) is 1.82. The number of nitrogens with one attached hydrogen (secondary N) is 2. The maximum absolute atomic E-state index is 12.4. The van der Waals surface area contributed by atoms with Gasteiger partial charge < -0.3 is 5.32 Å². The van der Waals surface area contributed by atoms with Crippen molar-refractivity contribution >= 4 is 21.7 Å². The summed E-state index contributed by atoms with van der Waals surface area (Å²) in [5, 5.41) is 2.84. The van der Waals surface area contributed by atoms with Crippen molar-refractivity contribution in [1.29, 1.82) is 0 Å². The van der Waals surface area contributed by atoms with Crippen LogP contribution in [0.25, 0.3) is 11.1 Å². The third kappa shape index (κ3) is 3.49. The van der Waals surface area contributed by atoms with Crippen molar-refractivity contribution in [3.05, 3.63) is 61.2 Å². The summed E-state index contributed by atoms with van der Waals surface area (Å²) in [7, 11) is -1.92. The summed E-state index contributed by atoms with van der Waals surface area (Å²) in [5.74, 6) is 0.507. The van der Waals surface area contributed by atoms with Crippen LogP contribution in [-0.4, -0.2) is 30.4 Å². The van der Waals surface area contributed by atoms with Crippen LogP contribution < -0.4 is 10.0 Å². The first-order valence-corrected chi connectivity index (χ1v) is 8.60. The number of aromatic nitrogens is 3. The molecular weight excluding hydrogens is 326 g/mol. The zero-order valence-electron chi connectivity index (χ0n) is 12.8. The smallest absolute Gasteiger partial charge is 0.261 e. The van der Waals surface area contributed by atoms with Gasteiger partial charge in [0.05, 0.1) is 16.8 Å². The Balaban J connectivity index is 1.88. The third-order valence-electron chi connectivity index (χ3n) is 3.25. The summed E-state index contributed by atoms with van der Waals surface area (Å²) < 4.78 is 27.2. The molecule has 0 unspecified atom stereocenters.